The second-order valence-corrected chi connectivity index (χ2v) is 8.40. The Morgan fingerprint density at radius 1 is 1.17 bits per heavy atom. The molecule has 0 saturated heterocycles. The first kappa shape index (κ1) is 22.9. The van der Waals surface area contributed by atoms with Crippen molar-refractivity contribution in [2.45, 2.75) is 65.4 Å². The van der Waals surface area contributed by atoms with Crippen molar-refractivity contribution in [2.24, 2.45) is 0 Å². The minimum Gasteiger partial charge on any atom is -0.444 e. The first-order valence-corrected chi connectivity index (χ1v) is 9.74. The van der Waals surface area contributed by atoms with Crippen molar-refractivity contribution in [2.75, 3.05) is 19.8 Å². The third-order valence-corrected chi connectivity index (χ3v) is 5.37. The van der Waals surface area contributed by atoms with Crippen LogP contribution in [0.5, 0.6) is 0 Å². The lowest BCUT2D eigenvalue weighted by Crippen LogP contribution is -2.41. The van der Waals surface area contributed by atoms with E-state index < -0.39 is 30.9 Å². The van der Waals surface area contributed by atoms with Gasteiger partial charge in [0.2, 0.25) is 6.03 Å². The number of nitrogens with zero attached hydrogens (tertiary/aromatic N) is 1. The molecule has 0 aromatic carbocycles. The number of carbonyl (C=O) groups excluding carboxylic acids is 1. The summed E-state index contributed by atoms with van der Waals surface area (Å²) in [5.41, 5.74) is -0.726. The van der Waals surface area contributed by atoms with Gasteiger partial charge in [-0.05, 0) is 41.5 Å². The van der Waals surface area contributed by atoms with E-state index in [0.717, 1.165) is 0 Å². The standard InChI is InChI=1S/C15H29N2O6P/c1-7-20-14(21-8-2)24(19,22-9-3)12(10-11-16)17-13(18)23-15(4,5)6/h12,14H,7-10H2,1-6H3,(H,17,18)/t12-,24?/m1/s1. The third-order valence-electron chi connectivity index (χ3n) is 2.65. The molecule has 24 heavy (non-hydrogen) atoms. The van der Waals surface area contributed by atoms with Crippen molar-refractivity contribution in [1.82, 2.24) is 5.32 Å². The van der Waals surface area contributed by atoms with E-state index in [4.69, 9.17) is 24.0 Å². The van der Waals surface area contributed by atoms with Crippen molar-refractivity contribution in [3.8, 4) is 6.07 Å². The van der Waals surface area contributed by atoms with Crippen LogP contribution in [-0.4, -0.2) is 43.3 Å². The van der Waals surface area contributed by atoms with Crippen molar-refractivity contribution in [1.29, 1.82) is 5.26 Å². The Labute approximate surface area is 144 Å². The topological polar surface area (TPSA) is 107 Å². The van der Waals surface area contributed by atoms with Gasteiger partial charge in [-0.25, -0.2) is 4.79 Å². The zero-order valence-electron chi connectivity index (χ0n) is 15.3. The van der Waals surface area contributed by atoms with E-state index in [0.29, 0.717) is 0 Å². The summed E-state index contributed by atoms with van der Waals surface area (Å²) in [5.74, 6) is -1.10. The average Bonchev–Trinajstić information content (AvgIpc) is 2.44. The van der Waals surface area contributed by atoms with Crippen molar-refractivity contribution in [3.63, 3.8) is 0 Å². The molecule has 0 heterocycles. The molecule has 0 radical (unpaired) electrons. The van der Waals surface area contributed by atoms with Gasteiger partial charge in [0.1, 0.15) is 11.4 Å². The van der Waals surface area contributed by atoms with Gasteiger partial charge in [0.25, 0.3) is 7.37 Å². The highest BCUT2D eigenvalue weighted by atomic mass is 31.2. The van der Waals surface area contributed by atoms with Gasteiger partial charge >= 0.3 is 6.09 Å². The van der Waals surface area contributed by atoms with Gasteiger partial charge in [0.15, 0.2) is 0 Å². The average molecular weight is 364 g/mol. The molecule has 8 nitrogen and oxygen atoms in total. The molecule has 140 valence electrons. The molecule has 0 saturated carbocycles. The summed E-state index contributed by atoms with van der Waals surface area (Å²) in [4.78, 5) is 12.0. The summed E-state index contributed by atoms with van der Waals surface area (Å²) in [6.07, 6.45) is -1.01. The molecular formula is C15H29N2O6P. The van der Waals surface area contributed by atoms with Crippen LogP contribution >= 0.6 is 7.37 Å². The van der Waals surface area contributed by atoms with Crippen LogP contribution in [0, 0.1) is 11.3 Å². The Bertz CT molecular complexity index is 466. The van der Waals surface area contributed by atoms with Gasteiger partial charge in [0.05, 0.1) is 19.1 Å². The third kappa shape index (κ3) is 7.63. The van der Waals surface area contributed by atoms with Crippen molar-refractivity contribution in [3.05, 3.63) is 0 Å². The Balaban J connectivity index is 5.51. The lowest BCUT2D eigenvalue weighted by molar-refractivity contribution is -0.0899. The van der Waals surface area contributed by atoms with Crippen molar-refractivity contribution >= 4 is 13.5 Å². The van der Waals surface area contributed by atoms with Gasteiger partial charge in [-0.1, -0.05) is 0 Å². The Morgan fingerprint density at radius 3 is 2.08 bits per heavy atom. The van der Waals surface area contributed by atoms with Crippen LogP contribution in [0.1, 0.15) is 48.0 Å². The maximum absolute atomic E-state index is 13.4. The molecule has 0 spiro atoms. The van der Waals surface area contributed by atoms with E-state index in [1.165, 1.54) is 0 Å². The zero-order chi connectivity index (χ0) is 18.8. The number of amides is 1. The number of nitriles is 1. The Hall–Kier alpha value is -1.13. The number of hydrogen-bond donors (Lipinski definition) is 1. The molecule has 9 heteroatoms. The molecule has 0 aliphatic heterocycles. The van der Waals surface area contributed by atoms with Crippen LogP contribution in [0.25, 0.3) is 0 Å². The SMILES string of the molecule is CCOC(OCC)P(=O)(OCC)[C@H](CC#N)NC(=O)OC(C)(C)C. The minimum absolute atomic E-state index is 0.117. The summed E-state index contributed by atoms with van der Waals surface area (Å²) >= 11 is 0. The number of carbonyl (C=O) groups is 1. The fourth-order valence-electron chi connectivity index (χ4n) is 1.84. The Kier molecular flexibility index (Phi) is 10.2. The molecule has 0 aliphatic rings. The van der Waals surface area contributed by atoms with Crippen LogP contribution < -0.4 is 5.32 Å². The highest BCUT2D eigenvalue weighted by Gasteiger charge is 2.45. The van der Waals surface area contributed by atoms with Crippen LogP contribution in [0.15, 0.2) is 0 Å². The molecular weight excluding hydrogens is 335 g/mol. The van der Waals surface area contributed by atoms with E-state index in [-0.39, 0.29) is 26.2 Å². The monoisotopic (exact) mass is 364 g/mol. The van der Waals surface area contributed by atoms with E-state index in [2.05, 4.69) is 5.32 Å². The van der Waals surface area contributed by atoms with E-state index in [1.54, 1.807) is 41.5 Å². The predicted octanol–water partition coefficient (Wildman–Crippen LogP) is 3.42. The van der Waals surface area contributed by atoms with E-state index in [1.807, 2.05) is 6.07 Å². The number of alkyl carbamates (subject to hydrolysis) is 1. The van der Waals surface area contributed by atoms with E-state index in [9.17, 15) is 9.36 Å². The molecule has 1 amide bonds. The van der Waals surface area contributed by atoms with Gasteiger partial charge in [-0.3, -0.25) is 4.57 Å². The molecule has 0 rings (SSSR count). The van der Waals surface area contributed by atoms with Gasteiger partial charge in [-0.2, -0.15) is 5.26 Å². The molecule has 2 atom stereocenters. The molecule has 0 bridgehead atoms. The van der Waals surface area contributed by atoms with E-state index >= 15 is 0 Å². The highest BCUT2D eigenvalue weighted by molar-refractivity contribution is 7.60. The molecule has 0 aromatic rings. The van der Waals surface area contributed by atoms with Crippen LogP contribution in [0.3, 0.4) is 0 Å². The van der Waals surface area contributed by atoms with Crippen molar-refractivity contribution < 1.29 is 28.1 Å². The second kappa shape index (κ2) is 10.7. The first-order chi connectivity index (χ1) is 11.1. The maximum atomic E-state index is 13.4. The number of rotatable bonds is 10. The largest absolute Gasteiger partial charge is 0.444 e. The maximum Gasteiger partial charge on any atom is 0.408 e. The van der Waals surface area contributed by atoms with Gasteiger partial charge < -0.3 is 24.1 Å². The summed E-state index contributed by atoms with van der Waals surface area (Å²) in [7, 11) is -3.69. The highest BCUT2D eigenvalue weighted by Crippen LogP contribution is 2.57. The molecule has 0 aromatic heterocycles. The predicted molar refractivity (Wildman–Crippen MR) is 89.7 cm³/mol. The lowest BCUT2D eigenvalue weighted by atomic mass is 10.2. The molecule has 0 fully saturated rings. The summed E-state index contributed by atoms with van der Waals surface area (Å²) in [6, 6.07) is 0.740. The molecule has 1 unspecified atom stereocenters. The zero-order valence-corrected chi connectivity index (χ0v) is 16.2. The quantitative estimate of drug-likeness (QED) is 0.467. The summed E-state index contributed by atoms with van der Waals surface area (Å²) < 4.78 is 34.8. The normalized spacial score (nSPS) is 15.4. The smallest absolute Gasteiger partial charge is 0.408 e. The number of ether oxygens (including phenoxy) is 3. The molecule has 0 aliphatic carbocycles. The fraction of sp³-hybridized carbons (Fsp3) is 0.867. The lowest BCUT2D eigenvalue weighted by Gasteiger charge is -2.32. The number of hydrogen-bond acceptors (Lipinski definition) is 7. The van der Waals surface area contributed by atoms with Crippen LogP contribution in [-0.2, 0) is 23.3 Å². The second-order valence-electron chi connectivity index (χ2n) is 5.81. The minimum atomic E-state index is -3.69. The van der Waals surface area contributed by atoms with Crippen LogP contribution in [0.4, 0.5) is 4.79 Å². The first-order valence-electron chi connectivity index (χ1n) is 7.98. The molecule has 1 N–H and O–H groups in total. The number of nitrogens with one attached hydrogen (secondary N) is 1. The van der Waals surface area contributed by atoms with Gasteiger partial charge in [-0.15, -0.1) is 0 Å². The van der Waals surface area contributed by atoms with Crippen LogP contribution in [0.2, 0.25) is 0 Å². The summed E-state index contributed by atoms with van der Waals surface area (Å²) in [6.45, 7) is 10.8. The van der Waals surface area contributed by atoms with Gasteiger partial charge in [0, 0.05) is 13.2 Å². The fourth-order valence-corrected chi connectivity index (χ4v) is 4.17. The summed E-state index contributed by atoms with van der Waals surface area (Å²) in [5, 5.41) is 11.5. The Morgan fingerprint density at radius 2 is 1.71 bits per heavy atom.